The van der Waals surface area contributed by atoms with E-state index in [1.807, 2.05) is 6.08 Å². The molecule has 2 N–H and O–H groups in total. The molecule has 3 atom stereocenters. The first-order chi connectivity index (χ1) is 9.92. The van der Waals surface area contributed by atoms with Crippen LogP contribution in [0.5, 0.6) is 0 Å². The Morgan fingerprint density at radius 1 is 1.52 bits per heavy atom. The predicted molar refractivity (Wildman–Crippen MR) is 73.1 cm³/mol. The number of carbonyl (C=O) groups excluding carboxylic acids is 2. The zero-order chi connectivity index (χ0) is 15.6. The molecule has 116 valence electrons. The van der Waals surface area contributed by atoms with E-state index in [1.165, 1.54) is 7.11 Å². The molecular formula is C14H20N2O5. The first kappa shape index (κ1) is 15.3. The van der Waals surface area contributed by atoms with Crippen molar-refractivity contribution in [1.82, 2.24) is 10.2 Å². The number of carbonyl (C=O) groups is 3. The van der Waals surface area contributed by atoms with E-state index in [4.69, 9.17) is 5.11 Å². The van der Waals surface area contributed by atoms with E-state index in [0.717, 1.165) is 5.70 Å². The van der Waals surface area contributed by atoms with E-state index in [1.54, 1.807) is 11.9 Å². The van der Waals surface area contributed by atoms with Crippen LogP contribution in [0.1, 0.15) is 19.3 Å². The van der Waals surface area contributed by atoms with Crippen LogP contribution in [0.2, 0.25) is 0 Å². The van der Waals surface area contributed by atoms with Gasteiger partial charge in [0.2, 0.25) is 5.91 Å². The molecule has 1 aliphatic heterocycles. The van der Waals surface area contributed by atoms with Crippen molar-refractivity contribution in [3.63, 3.8) is 0 Å². The highest BCUT2D eigenvalue weighted by Gasteiger charge is 2.36. The summed E-state index contributed by atoms with van der Waals surface area (Å²) in [5.74, 6) is -1.89. The van der Waals surface area contributed by atoms with Crippen molar-refractivity contribution >= 4 is 17.8 Å². The number of nitrogens with one attached hydrogen (secondary N) is 1. The highest BCUT2D eigenvalue weighted by Crippen LogP contribution is 2.31. The summed E-state index contributed by atoms with van der Waals surface area (Å²) < 4.78 is 4.62. The zero-order valence-corrected chi connectivity index (χ0v) is 12.2. The fraction of sp³-hybridized carbons (Fsp3) is 0.643. The van der Waals surface area contributed by atoms with Crippen LogP contribution in [0.4, 0.5) is 0 Å². The highest BCUT2D eigenvalue weighted by atomic mass is 16.5. The molecule has 0 radical (unpaired) electrons. The summed E-state index contributed by atoms with van der Waals surface area (Å²) in [4.78, 5) is 36.4. The number of ether oxygens (including phenoxy) is 1. The van der Waals surface area contributed by atoms with Crippen molar-refractivity contribution in [1.29, 1.82) is 0 Å². The number of rotatable bonds is 3. The van der Waals surface area contributed by atoms with Gasteiger partial charge in [0.05, 0.1) is 19.4 Å². The second kappa shape index (κ2) is 6.15. The lowest BCUT2D eigenvalue weighted by Crippen LogP contribution is -2.43. The van der Waals surface area contributed by atoms with Gasteiger partial charge in [0.25, 0.3) is 0 Å². The monoisotopic (exact) mass is 296 g/mol. The average molecular weight is 296 g/mol. The number of fused-ring (bicyclic) bond motifs is 1. The molecule has 1 saturated heterocycles. The molecule has 2 unspecified atom stereocenters. The summed E-state index contributed by atoms with van der Waals surface area (Å²) in [6.45, 7) is 0.457. The Kier molecular flexibility index (Phi) is 4.50. The molecule has 2 aliphatic rings. The molecule has 0 aromatic rings. The minimum Gasteiger partial charge on any atom is -0.481 e. The molecule has 1 fully saturated rings. The molecule has 0 saturated carbocycles. The van der Waals surface area contributed by atoms with E-state index >= 15 is 0 Å². The smallest absolute Gasteiger partial charge is 0.308 e. The van der Waals surface area contributed by atoms with Gasteiger partial charge in [-0.2, -0.15) is 0 Å². The number of hydrogen-bond acceptors (Lipinski definition) is 5. The number of carboxylic acid groups (broad SMARTS) is 1. The molecule has 2 rings (SSSR count). The minimum absolute atomic E-state index is 0.0311. The van der Waals surface area contributed by atoms with Gasteiger partial charge in [0.1, 0.15) is 6.04 Å². The first-order valence-electron chi connectivity index (χ1n) is 6.93. The van der Waals surface area contributed by atoms with Crippen molar-refractivity contribution in [3.8, 4) is 0 Å². The summed E-state index contributed by atoms with van der Waals surface area (Å²) in [5.41, 5.74) is 0.860. The number of allylic oxidation sites excluding steroid dienone is 1. The van der Waals surface area contributed by atoms with Gasteiger partial charge in [-0.1, -0.05) is 6.08 Å². The fourth-order valence-corrected chi connectivity index (χ4v) is 2.89. The van der Waals surface area contributed by atoms with E-state index in [0.29, 0.717) is 19.4 Å². The number of nitrogens with zero attached hydrogens (tertiary/aromatic N) is 1. The Morgan fingerprint density at radius 2 is 2.24 bits per heavy atom. The number of hydrogen-bond donors (Lipinski definition) is 2. The van der Waals surface area contributed by atoms with Crippen LogP contribution in [0.25, 0.3) is 0 Å². The number of likely N-dealkylation sites (N-methyl/N-ethyl adjacent to an activating group) is 1. The van der Waals surface area contributed by atoms with E-state index in [2.05, 4.69) is 10.1 Å². The van der Waals surface area contributed by atoms with Gasteiger partial charge in [-0.3, -0.25) is 14.4 Å². The van der Waals surface area contributed by atoms with Crippen molar-refractivity contribution in [2.24, 2.45) is 11.8 Å². The second-order valence-electron chi connectivity index (χ2n) is 5.56. The van der Waals surface area contributed by atoms with Crippen LogP contribution >= 0.6 is 0 Å². The van der Waals surface area contributed by atoms with Crippen molar-refractivity contribution in [2.45, 2.75) is 25.3 Å². The van der Waals surface area contributed by atoms with E-state index < -0.39 is 23.9 Å². The molecule has 0 spiro atoms. The fourth-order valence-electron chi connectivity index (χ4n) is 2.89. The Bertz CT molecular complexity index is 488. The molecule has 1 heterocycles. The standard InChI is InChI=1S/C14H20N2O5/c1-16-7-9-5-8(14(19)20)3-4-10(9)15-11(13(16)18)6-12(17)21-2/h4,8-9,11,15H,3,5-7H2,1-2H3,(H,19,20)/t8?,9?,11-/m0/s1. The molecular weight excluding hydrogens is 276 g/mol. The summed E-state index contributed by atoms with van der Waals surface area (Å²) in [7, 11) is 2.95. The normalized spacial score (nSPS) is 28.9. The lowest BCUT2D eigenvalue weighted by atomic mass is 9.84. The lowest BCUT2D eigenvalue weighted by Gasteiger charge is -2.28. The molecule has 0 aromatic heterocycles. The lowest BCUT2D eigenvalue weighted by molar-refractivity contribution is -0.144. The summed E-state index contributed by atoms with van der Waals surface area (Å²) in [6.07, 6.45) is 2.74. The second-order valence-corrected chi connectivity index (χ2v) is 5.56. The first-order valence-corrected chi connectivity index (χ1v) is 6.93. The number of methoxy groups -OCH3 is 1. The quantitative estimate of drug-likeness (QED) is 0.710. The van der Waals surface area contributed by atoms with Crippen LogP contribution in [0.15, 0.2) is 11.8 Å². The van der Waals surface area contributed by atoms with Gasteiger partial charge in [-0.05, 0) is 12.8 Å². The Morgan fingerprint density at radius 3 is 2.86 bits per heavy atom. The molecule has 1 amide bonds. The molecule has 7 nitrogen and oxygen atoms in total. The Balaban J connectivity index is 2.17. The molecule has 1 aliphatic carbocycles. The summed E-state index contributed by atoms with van der Waals surface area (Å²) in [6, 6.07) is -0.653. The number of carboxylic acids is 1. The zero-order valence-electron chi connectivity index (χ0n) is 12.2. The summed E-state index contributed by atoms with van der Waals surface area (Å²) >= 11 is 0. The van der Waals surface area contributed by atoms with Crippen LogP contribution in [0.3, 0.4) is 0 Å². The van der Waals surface area contributed by atoms with Gasteiger partial charge in [0, 0.05) is 25.2 Å². The highest BCUT2D eigenvalue weighted by molar-refractivity contribution is 5.87. The molecule has 21 heavy (non-hydrogen) atoms. The molecule has 0 bridgehead atoms. The topological polar surface area (TPSA) is 95.9 Å². The Hall–Kier alpha value is -2.05. The molecule has 0 aromatic carbocycles. The van der Waals surface area contributed by atoms with Gasteiger partial charge >= 0.3 is 11.9 Å². The molecule has 7 heteroatoms. The maximum atomic E-state index is 12.3. The van der Waals surface area contributed by atoms with Crippen LogP contribution in [-0.4, -0.2) is 54.6 Å². The number of amides is 1. The third kappa shape index (κ3) is 3.34. The SMILES string of the molecule is COC(=O)C[C@@H]1NC2=CCC(C(=O)O)CC2CN(C)C1=O. The van der Waals surface area contributed by atoms with Crippen LogP contribution < -0.4 is 5.32 Å². The summed E-state index contributed by atoms with van der Waals surface area (Å²) in [5, 5.41) is 12.2. The van der Waals surface area contributed by atoms with Gasteiger partial charge in [-0.25, -0.2) is 0 Å². The predicted octanol–water partition coefficient (Wildman–Crippen LogP) is -0.0256. The van der Waals surface area contributed by atoms with Crippen LogP contribution in [-0.2, 0) is 19.1 Å². The van der Waals surface area contributed by atoms with Gasteiger partial charge in [0.15, 0.2) is 0 Å². The van der Waals surface area contributed by atoms with Gasteiger partial charge < -0.3 is 20.1 Å². The third-order valence-corrected chi connectivity index (χ3v) is 4.09. The maximum absolute atomic E-state index is 12.3. The minimum atomic E-state index is -0.811. The van der Waals surface area contributed by atoms with Crippen molar-refractivity contribution in [3.05, 3.63) is 11.8 Å². The van der Waals surface area contributed by atoms with Crippen molar-refractivity contribution in [2.75, 3.05) is 20.7 Å². The third-order valence-electron chi connectivity index (χ3n) is 4.09. The maximum Gasteiger partial charge on any atom is 0.308 e. The average Bonchev–Trinajstić information content (AvgIpc) is 2.56. The number of esters is 1. The Labute approximate surface area is 122 Å². The number of aliphatic carboxylic acids is 1. The van der Waals surface area contributed by atoms with Gasteiger partial charge in [-0.15, -0.1) is 0 Å². The van der Waals surface area contributed by atoms with Crippen LogP contribution in [0, 0.1) is 11.8 Å². The van der Waals surface area contributed by atoms with E-state index in [9.17, 15) is 14.4 Å². The van der Waals surface area contributed by atoms with E-state index in [-0.39, 0.29) is 18.2 Å². The van der Waals surface area contributed by atoms with Crippen molar-refractivity contribution < 1.29 is 24.2 Å². The largest absolute Gasteiger partial charge is 0.481 e.